The first-order chi connectivity index (χ1) is 11.0. The van der Waals surface area contributed by atoms with E-state index in [-0.39, 0.29) is 5.92 Å². The van der Waals surface area contributed by atoms with E-state index < -0.39 is 11.6 Å². The molecule has 23 heavy (non-hydrogen) atoms. The SMILES string of the molecule is CC(C)(CN)NC(=O)OCC1c2ccccc2-c2ccccc21. The van der Waals surface area contributed by atoms with E-state index in [9.17, 15) is 4.79 Å². The first kappa shape index (κ1) is 15.6. The van der Waals surface area contributed by atoms with E-state index in [0.29, 0.717) is 13.2 Å². The lowest BCUT2D eigenvalue weighted by atomic mass is 9.98. The Morgan fingerprint density at radius 2 is 1.61 bits per heavy atom. The van der Waals surface area contributed by atoms with Crippen LogP contribution in [0, 0.1) is 0 Å². The maximum Gasteiger partial charge on any atom is 0.407 e. The topological polar surface area (TPSA) is 64.3 Å². The molecule has 0 spiro atoms. The Kier molecular flexibility index (Phi) is 4.09. The highest BCUT2D eigenvalue weighted by atomic mass is 16.5. The summed E-state index contributed by atoms with van der Waals surface area (Å²) in [7, 11) is 0. The summed E-state index contributed by atoms with van der Waals surface area (Å²) in [6.07, 6.45) is -0.428. The molecule has 0 aromatic heterocycles. The van der Waals surface area contributed by atoms with Crippen molar-refractivity contribution in [2.75, 3.05) is 13.2 Å². The van der Waals surface area contributed by atoms with E-state index in [0.717, 1.165) is 0 Å². The van der Waals surface area contributed by atoms with Crippen LogP contribution in [0.5, 0.6) is 0 Å². The van der Waals surface area contributed by atoms with Gasteiger partial charge in [0.25, 0.3) is 0 Å². The van der Waals surface area contributed by atoms with Gasteiger partial charge >= 0.3 is 6.09 Å². The largest absolute Gasteiger partial charge is 0.449 e. The first-order valence-electron chi connectivity index (χ1n) is 7.85. The highest BCUT2D eigenvalue weighted by Crippen LogP contribution is 2.44. The quantitative estimate of drug-likeness (QED) is 0.911. The monoisotopic (exact) mass is 310 g/mol. The molecule has 1 aliphatic carbocycles. The van der Waals surface area contributed by atoms with Gasteiger partial charge in [-0.15, -0.1) is 0 Å². The molecule has 3 rings (SSSR count). The van der Waals surface area contributed by atoms with Gasteiger partial charge in [-0.25, -0.2) is 4.79 Å². The van der Waals surface area contributed by atoms with Crippen LogP contribution in [0.1, 0.15) is 30.9 Å². The predicted molar refractivity (Wildman–Crippen MR) is 91.3 cm³/mol. The zero-order valence-corrected chi connectivity index (χ0v) is 13.5. The van der Waals surface area contributed by atoms with Crippen molar-refractivity contribution < 1.29 is 9.53 Å². The summed E-state index contributed by atoms with van der Waals surface area (Å²) < 4.78 is 5.47. The second-order valence-corrected chi connectivity index (χ2v) is 6.54. The minimum absolute atomic E-state index is 0.0779. The average Bonchev–Trinajstić information content (AvgIpc) is 2.87. The van der Waals surface area contributed by atoms with Gasteiger partial charge in [0.2, 0.25) is 0 Å². The summed E-state index contributed by atoms with van der Waals surface area (Å²) >= 11 is 0. The van der Waals surface area contributed by atoms with Gasteiger partial charge < -0.3 is 15.8 Å². The van der Waals surface area contributed by atoms with Gasteiger partial charge in [-0.1, -0.05) is 48.5 Å². The maximum atomic E-state index is 12.0. The third-order valence-electron chi connectivity index (χ3n) is 4.29. The molecule has 0 saturated carbocycles. The summed E-state index contributed by atoms with van der Waals surface area (Å²) in [5.41, 5.74) is 10.0. The minimum atomic E-state index is -0.470. The Hall–Kier alpha value is -2.33. The van der Waals surface area contributed by atoms with Crippen molar-refractivity contribution in [1.82, 2.24) is 5.32 Å². The fraction of sp³-hybridized carbons (Fsp3) is 0.316. The van der Waals surface area contributed by atoms with Gasteiger partial charge in [0.15, 0.2) is 0 Å². The van der Waals surface area contributed by atoms with E-state index in [4.69, 9.17) is 10.5 Å². The van der Waals surface area contributed by atoms with E-state index in [1.807, 2.05) is 38.1 Å². The van der Waals surface area contributed by atoms with Crippen LogP contribution in [-0.4, -0.2) is 24.8 Å². The first-order valence-corrected chi connectivity index (χ1v) is 7.85. The highest BCUT2D eigenvalue weighted by Gasteiger charge is 2.29. The van der Waals surface area contributed by atoms with Crippen molar-refractivity contribution in [3.05, 3.63) is 59.7 Å². The third kappa shape index (κ3) is 3.08. The number of benzene rings is 2. The van der Waals surface area contributed by atoms with E-state index >= 15 is 0 Å². The summed E-state index contributed by atoms with van der Waals surface area (Å²) in [4.78, 5) is 12.0. The van der Waals surface area contributed by atoms with Crippen LogP contribution in [0.2, 0.25) is 0 Å². The number of nitrogens with two attached hydrogens (primary N) is 1. The Balaban J connectivity index is 1.77. The number of carbonyl (C=O) groups is 1. The number of carbonyl (C=O) groups excluding carboxylic acids is 1. The molecule has 0 saturated heterocycles. The Labute approximate surface area is 136 Å². The summed E-state index contributed by atoms with van der Waals surface area (Å²) in [5, 5.41) is 2.79. The molecule has 0 unspecified atom stereocenters. The number of hydrogen-bond acceptors (Lipinski definition) is 3. The van der Waals surface area contributed by atoms with E-state index in [2.05, 4.69) is 29.6 Å². The molecule has 4 heteroatoms. The lowest BCUT2D eigenvalue weighted by Crippen LogP contribution is -2.49. The molecule has 4 nitrogen and oxygen atoms in total. The van der Waals surface area contributed by atoms with Gasteiger partial charge in [-0.2, -0.15) is 0 Å². The van der Waals surface area contributed by atoms with Crippen LogP contribution in [0.3, 0.4) is 0 Å². The number of fused-ring (bicyclic) bond motifs is 3. The van der Waals surface area contributed by atoms with E-state index in [1.165, 1.54) is 22.3 Å². The van der Waals surface area contributed by atoms with Gasteiger partial charge in [0.05, 0.1) is 0 Å². The Morgan fingerprint density at radius 1 is 1.09 bits per heavy atom. The molecular formula is C19H22N2O2. The van der Waals surface area contributed by atoms with Crippen molar-refractivity contribution in [3.63, 3.8) is 0 Å². The maximum absolute atomic E-state index is 12.0. The predicted octanol–water partition coefficient (Wildman–Crippen LogP) is 3.26. The van der Waals surface area contributed by atoms with Crippen molar-refractivity contribution in [1.29, 1.82) is 0 Å². The van der Waals surface area contributed by atoms with Crippen LogP contribution < -0.4 is 11.1 Å². The van der Waals surface area contributed by atoms with E-state index in [1.54, 1.807) is 0 Å². The van der Waals surface area contributed by atoms with Gasteiger partial charge in [-0.3, -0.25) is 0 Å². The number of alkyl carbamates (subject to hydrolysis) is 1. The fourth-order valence-corrected chi connectivity index (χ4v) is 2.96. The standard InChI is InChI=1S/C19H22N2O2/c1-19(2,12-20)21-18(22)23-11-17-15-9-5-3-7-13(15)14-8-4-6-10-16(14)17/h3-10,17H,11-12,20H2,1-2H3,(H,21,22). The van der Waals surface area contributed by atoms with Crippen molar-refractivity contribution in [3.8, 4) is 11.1 Å². The molecule has 0 heterocycles. The number of nitrogens with one attached hydrogen (secondary N) is 1. The zero-order chi connectivity index (χ0) is 16.4. The molecule has 0 fully saturated rings. The fourth-order valence-electron chi connectivity index (χ4n) is 2.96. The van der Waals surface area contributed by atoms with Gasteiger partial charge in [0.1, 0.15) is 6.61 Å². The minimum Gasteiger partial charge on any atom is -0.449 e. The normalized spacial score (nSPS) is 13.3. The molecule has 120 valence electrons. The molecule has 1 aliphatic rings. The van der Waals surface area contributed by atoms with Crippen LogP contribution in [-0.2, 0) is 4.74 Å². The number of ether oxygens (including phenoxy) is 1. The number of hydrogen-bond donors (Lipinski definition) is 2. The molecule has 0 aliphatic heterocycles. The average molecular weight is 310 g/mol. The highest BCUT2D eigenvalue weighted by molar-refractivity contribution is 5.79. The second kappa shape index (κ2) is 6.05. The van der Waals surface area contributed by atoms with Crippen LogP contribution in [0.15, 0.2) is 48.5 Å². The molecule has 0 bridgehead atoms. The smallest absolute Gasteiger partial charge is 0.407 e. The lowest BCUT2D eigenvalue weighted by Gasteiger charge is -2.24. The molecule has 2 aromatic carbocycles. The molecule has 0 atom stereocenters. The second-order valence-electron chi connectivity index (χ2n) is 6.54. The molecule has 1 amide bonds. The molecule has 0 radical (unpaired) electrons. The molecular weight excluding hydrogens is 288 g/mol. The van der Waals surface area contributed by atoms with Crippen LogP contribution in [0.4, 0.5) is 4.79 Å². The summed E-state index contributed by atoms with van der Waals surface area (Å²) in [6.45, 7) is 4.42. The van der Waals surface area contributed by atoms with Crippen LogP contribution >= 0.6 is 0 Å². The van der Waals surface area contributed by atoms with Gasteiger partial charge in [0, 0.05) is 18.0 Å². The summed E-state index contributed by atoms with van der Waals surface area (Å²) in [6, 6.07) is 16.6. The van der Waals surface area contributed by atoms with Crippen molar-refractivity contribution in [2.24, 2.45) is 5.73 Å². The number of rotatable bonds is 4. The van der Waals surface area contributed by atoms with Crippen molar-refractivity contribution >= 4 is 6.09 Å². The molecule has 2 aromatic rings. The summed E-state index contributed by atoms with van der Waals surface area (Å²) in [5.74, 6) is 0.0779. The Morgan fingerprint density at radius 3 is 2.13 bits per heavy atom. The van der Waals surface area contributed by atoms with Gasteiger partial charge in [-0.05, 0) is 36.1 Å². The zero-order valence-electron chi connectivity index (χ0n) is 13.5. The Bertz CT molecular complexity index is 679. The molecule has 3 N–H and O–H groups in total. The third-order valence-corrected chi connectivity index (χ3v) is 4.29. The van der Waals surface area contributed by atoms with Crippen molar-refractivity contribution in [2.45, 2.75) is 25.3 Å². The lowest BCUT2D eigenvalue weighted by molar-refractivity contribution is 0.133. The number of amides is 1. The van der Waals surface area contributed by atoms with Crippen LogP contribution in [0.25, 0.3) is 11.1 Å².